The van der Waals surface area contributed by atoms with Gasteiger partial charge in [0.1, 0.15) is 5.75 Å². The number of nitrogens with zero attached hydrogens (tertiary/aromatic N) is 2. The molecule has 1 amide bonds. The Morgan fingerprint density at radius 2 is 1.65 bits per heavy atom. The Hall–Kier alpha value is -2.66. The molecule has 1 aliphatic rings. The number of ketones is 1. The first-order chi connectivity index (χ1) is 12.5. The van der Waals surface area contributed by atoms with E-state index in [1.807, 2.05) is 50.2 Å². The first-order valence-corrected chi connectivity index (χ1v) is 8.87. The molecule has 2 aromatic carbocycles. The zero-order chi connectivity index (χ0) is 18.5. The number of aryl methyl sites for hydroxylation is 2. The second-order valence-electron chi connectivity index (χ2n) is 6.69. The number of ether oxygens (including phenoxy) is 1. The lowest BCUT2D eigenvalue weighted by Gasteiger charge is -2.33. The lowest BCUT2D eigenvalue weighted by molar-refractivity contribution is 0.0845. The van der Waals surface area contributed by atoms with Crippen molar-refractivity contribution in [2.45, 2.75) is 13.8 Å². The third kappa shape index (κ3) is 4.49. The van der Waals surface area contributed by atoms with Crippen LogP contribution in [0.3, 0.4) is 0 Å². The van der Waals surface area contributed by atoms with E-state index in [1.165, 1.54) is 0 Å². The van der Waals surface area contributed by atoms with Gasteiger partial charge in [-0.15, -0.1) is 0 Å². The number of hydrogen-bond acceptors (Lipinski definition) is 4. The number of para-hydroxylation sites is 1. The summed E-state index contributed by atoms with van der Waals surface area (Å²) in [4.78, 5) is 28.5. The fourth-order valence-electron chi connectivity index (χ4n) is 3.16. The molecule has 1 aliphatic heterocycles. The van der Waals surface area contributed by atoms with Crippen LogP contribution in [0.4, 0.5) is 4.79 Å². The van der Waals surface area contributed by atoms with Crippen molar-refractivity contribution in [1.82, 2.24) is 9.80 Å². The van der Waals surface area contributed by atoms with Crippen molar-refractivity contribution in [3.05, 3.63) is 65.2 Å². The van der Waals surface area contributed by atoms with Crippen molar-refractivity contribution in [3.8, 4) is 5.75 Å². The second kappa shape index (κ2) is 8.15. The molecule has 0 bridgehead atoms. The Labute approximate surface area is 154 Å². The molecule has 0 atom stereocenters. The van der Waals surface area contributed by atoms with Gasteiger partial charge in [0.05, 0.1) is 6.54 Å². The highest BCUT2D eigenvalue weighted by atomic mass is 16.6. The van der Waals surface area contributed by atoms with Crippen LogP contribution in [0.15, 0.2) is 48.5 Å². The highest BCUT2D eigenvalue weighted by Crippen LogP contribution is 2.14. The summed E-state index contributed by atoms with van der Waals surface area (Å²) in [6.45, 7) is 6.83. The maximum atomic E-state index is 12.6. The predicted molar refractivity (Wildman–Crippen MR) is 101 cm³/mol. The third-order valence-electron chi connectivity index (χ3n) is 4.63. The van der Waals surface area contributed by atoms with Crippen molar-refractivity contribution < 1.29 is 14.3 Å². The van der Waals surface area contributed by atoms with Gasteiger partial charge in [-0.2, -0.15) is 0 Å². The van der Waals surface area contributed by atoms with Crippen LogP contribution in [0, 0.1) is 13.8 Å². The monoisotopic (exact) mass is 352 g/mol. The zero-order valence-corrected chi connectivity index (χ0v) is 15.3. The summed E-state index contributed by atoms with van der Waals surface area (Å²) >= 11 is 0. The molecule has 3 rings (SSSR count). The minimum absolute atomic E-state index is 0.128. The molecule has 26 heavy (non-hydrogen) atoms. The average molecular weight is 352 g/mol. The Kier molecular flexibility index (Phi) is 5.68. The van der Waals surface area contributed by atoms with Gasteiger partial charge in [-0.1, -0.05) is 42.0 Å². The van der Waals surface area contributed by atoms with Crippen molar-refractivity contribution in [2.75, 3.05) is 32.7 Å². The van der Waals surface area contributed by atoms with E-state index < -0.39 is 0 Å². The lowest BCUT2D eigenvalue weighted by Crippen LogP contribution is -2.50. The molecule has 1 fully saturated rings. The van der Waals surface area contributed by atoms with Crippen molar-refractivity contribution in [3.63, 3.8) is 0 Å². The summed E-state index contributed by atoms with van der Waals surface area (Å²) in [7, 11) is 0. The highest BCUT2D eigenvalue weighted by Gasteiger charge is 2.24. The molecule has 0 aromatic heterocycles. The summed E-state index contributed by atoms with van der Waals surface area (Å²) < 4.78 is 5.37. The van der Waals surface area contributed by atoms with Gasteiger partial charge in [-0.3, -0.25) is 9.69 Å². The van der Waals surface area contributed by atoms with Crippen LogP contribution in [-0.2, 0) is 0 Å². The van der Waals surface area contributed by atoms with E-state index in [0.29, 0.717) is 38.5 Å². The molecule has 136 valence electrons. The average Bonchev–Trinajstić information content (AvgIpc) is 2.63. The lowest BCUT2D eigenvalue weighted by atomic mass is 10.0. The van der Waals surface area contributed by atoms with Gasteiger partial charge in [0.2, 0.25) is 0 Å². The van der Waals surface area contributed by atoms with Gasteiger partial charge in [-0.05, 0) is 31.5 Å². The fourth-order valence-corrected chi connectivity index (χ4v) is 3.16. The second-order valence-corrected chi connectivity index (χ2v) is 6.69. The van der Waals surface area contributed by atoms with Crippen molar-refractivity contribution in [2.24, 2.45) is 0 Å². The van der Waals surface area contributed by atoms with Gasteiger partial charge in [0, 0.05) is 31.7 Å². The van der Waals surface area contributed by atoms with E-state index in [-0.39, 0.29) is 11.9 Å². The molecular weight excluding hydrogens is 328 g/mol. The molecule has 0 saturated carbocycles. The van der Waals surface area contributed by atoms with Gasteiger partial charge >= 0.3 is 6.09 Å². The normalized spacial score (nSPS) is 14.9. The van der Waals surface area contributed by atoms with E-state index in [0.717, 1.165) is 16.7 Å². The molecule has 1 heterocycles. The number of hydrogen-bond donors (Lipinski definition) is 0. The smallest absolute Gasteiger partial charge is 0.410 e. The number of carbonyl (C=O) groups excluding carboxylic acids is 2. The van der Waals surface area contributed by atoms with Crippen LogP contribution >= 0.6 is 0 Å². The quantitative estimate of drug-likeness (QED) is 0.792. The van der Waals surface area contributed by atoms with Crippen LogP contribution in [-0.4, -0.2) is 54.4 Å². The third-order valence-corrected chi connectivity index (χ3v) is 4.63. The van der Waals surface area contributed by atoms with Crippen LogP contribution in [0.5, 0.6) is 5.75 Å². The minimum atomic E-state index is -0.337. The standard InChI is InChI=1S/C21H24N2O3/c1-16-8-9-19(17(2)14-16)20(24)15-22-10-12-23(13-11-22)21(25)26-18-6-4-3-5-7-18/h3-9,14H,10-13,15H2,1-2H3. The molecule has 0 spiro atoms. The largest absolute Gasteiger partial charge is 0.415 e. The maximum Gasteiger partial charge on any atom is 0.415 e. The minimum Gasteiger partial charge on any atom is -0.410 e. The number of Topliss-reactive ketones (excluding diaryl/α,β-unsaturated/α-hetero) is 1. The summed E-state index contributed by atoms with van der Waals surface area (Å²) in [5.41, 5.74) is 2.95. The van der Waals surface area contributed by atoms with Gasteiger partial charge in [0.15, 0.2) is 5.78 Å². The van der Waals surface area contributed by atoms with Gasteiger partial charge in [0.25, 0.3) is 0 Å². The van der Waals surface area contributed by atoms with E-state index in [2.05, 4.69) is 4.90 Å². The molecule has 0 radical (unpaired) electrons. The fraction of sp³-hybridized carbons (Fsp3) is 0.333. The Morgan fingerprint density at radius 1 is 0.962 bits per heavy atom. The van der Waals surface area contributed by atoms with E-state index in [1.54, 1.807) is 17.0 Å². The summed E-state index contributed by atoms with van der Waals surface area (Å²) in [6.07, 6.45) is -0.337. The number of amides is 1. The molecule has 1 saturated heterocycles. The molecule has 0 unspecified atom stereocenters. The molecule has 5 heteroatoms. The number of rotatable bonds is 4. The molecule has 5 nitrogen and oxygen atoms in total. The number of piperazine rings is 1. The van der Waals surface area contributed by atoms with E-state index in [9.17, 15) is 9.59 Å². The topological polar surface area (TPSA) is 49.9 Å². The molecule has 2 aromatic rings. The first-order valence-electron chi connectivity index (χ1n) is 8.87. The van der Waals surface area contributed by atoms with Crippen molar-refractivity contribution in [1.29, 1.82) is 0 Å². The SMILES string of the molecule is Cc1ccc(C(=O)CN2CCN(C(=O)Oc3ccccc3)CC2)c(C)c1. The maximum absolute atomic E-state index is 12.6. The Morgan fingerprint density at radius 3 is 2.31 bits per heavy atom. The van der Waals surface area contributed by atoms with Crippen LogP contribution in [0.1, 0.15) is 21.5 Å². The van der Waals surface area contributed by atoms with Crippen molar-refractivity contribution >= 4 is 11.9 Å². The molecular formula is C21H24N2O3. The molecule has 0 N–H and O–H groups in total. The van der Waals surface area contributed by atoms with Crippen LogP contribution < -0.4 is 4.74 Å². The Bertz CT molecular complexity index is 781. The van der Waals surface area contributed by atoms with Gasteiger partial charge < -0.3 is 9.64 Å². The van der Waals surface area contributed by atoms with E-state index in [4.69, 9.17) is 4.74 Å². The van der Waals surface area contributed by atoms with Crippen LogP contribution in [0.25, 0.3) is 0 Å². The predicted octanol–water partition coefficient (Wildman–Crippen LogP) is 3.30. The summed E-state index contributed by atoms with van der Waals surface area (Å²) in [5, 5.41) is 0. The first kappa shape index (κ1) is 18.1. The molecule has 0 aliphatic carbocycles. The van der Waals surface area contributed by atoms with E-state index >= 15 is 0 Å². The summed E-state index contributed by atoms with van der Waals surface area (Å²) in [6, 6.07) is 15.0. The Balaban J connectivity index is 1.50. The number of benzene rings is 2. The number of carbonyl (C=O) groups is 2. The van der Waals surface area contributed by atoms with Gasteiger partial charge in [-0.25, -0.2) is 4.79 Å². The zero-order valence-electron chi connectivity index (χ0n) is 15.3. The summed E-state index contributed by atoms with van der Waals surface area (Å²) in [5.74, 6) is 0.674. The van der Waals surface area contributed by atoms with Crippen LogP contribution in [0.2, 0.25) is 0 Å². The highest BCUT2D eigenvalue weighted by molar-refractivity contribution is 5.99.